The van der Waals surface area contributed by atoms with Gasteiger partial charge >= 0.3 is 0 Å². The van der Waals surface area contributed by atoms with Crippen LogP contribution < -0.4 is 0 Å². The first-order valence-electron chi connectivity index (χ1n) is 4.28. The van der Waals surface area contributed by atoms with Crippen molar-refractivity contribution >= 4 is 5.78 Å². The molecule has 2 aliphatic rings. The number of carbonyl (C=O) groups excluding carboxylic acids is 1. The van der Waals surface area contributed by atoms with Crippen LogP contribution in [0.25, 0.3) is 0 Å². The minimum absolute atomic E-state index is 0.437. The number of ketones is 1. The second kappa shape index (κ2) is 2.08. The predicted molar refractivity (Wildman–Crippen MR) is 39.6 cm³/mol. The summed E-state index contributed by atoms with van der Waals surface area (Å²) in [5.74, 6) is 2.59. The molecule has 0 aromatic heterocycles. The smallest absolute Gasteiger partial charge is 0.133 e. The van der Waals surface area contributed by atoms with Gasteiger partial charge in [0.1, 0.15) is 5.78 Å². The van der Waals surface area contributed by atoms with Gasteiger partial charge in [0.15, 0.2) is 0 Å². The first-order chi connectivity index (χ1) is 4.77. The van der Waals surface area contributed by atoms with E-state index in [1.54, 1.807) is 6.92 Å². The van der Waals surface area contributed by atoms with Gasteiger partial charge < -0.3 is 0 Å². The molecule has 1 heteroatoms. The molecule has 0 heterocycles. The van der Waals surface area contributed by atoms with Gasteiger partial charge in [0.25, 0.3) is 0 Å². The van der Waals surface area contributed by atoms with Crippen LogP contribution in [0.2, 0.25) is 0 Å². The van der Waals surface area contributed by atoms with Crippen molar-refractivity contribution in [3.63, 3.8) is 0 Å². The Morgan fingerprint density at radius 3 is 2.40 bits per heavy atom. The van der Waals surface area contributed by atoms with Crippen LogP contribution in [0.3, 0.4) is 0 Å². The molecule has 56 valence electrons. The largest absolute Gasteiger partial charge is 0.300 e. The Kier molecular flexibility index (Phi) is 1.33. The van der Waals surface area contributed by atoms with Gasteiger partial charge in [-0.25, -0.2) is 0 Å². The quantitative estimate of drug-likeness (QED) is 0.541. The second-order valence-electron chi connectivity index (χ2n) is 3.89. The molecule has 0 radical (unpaired) electrons. The number of hydrogen-bond donors (Lipinski definition) is 0. The molecule has 1 nitrogen and oxygen atoms in total. The number of rotatable bonds is 1. The number of Topliss-reactive ketones (excluding diaryl/α,β-unsaturated/α-hetero) is 1. The molecule has 3 atom stereocenters. The molecule has 0 N–H and O–H groups in total. The van der Waals surface area contributed by atoms with Crippen molar-refractivity contribution in [1.82, 2.24) is 0 Å². The third kappa shape index (κ3) is 0.799. The molecule has 0 aromatic carbocycles. The minimum atomic E-state index is 0.437. The van der Waals surface area contributed by atoms with E-state index in [2.05, 4.69) is 0 Å². The normalized spacial score (nSPS) is 44.3. The minimum Gasteiger partial charge on any atom is -0.300 e. The first kappa shape index (κ1) is 6.38. The molecule has 0 aromatic rings. The maximum atomic E-state index is 11.0. The highest BCUT2D eigenvalue weighted by molar-refractivity contribution is 5.79. The topological polar surface area (TPSA) is 17.1 Å². The Bertz CT molecular complexity index is 162. The summed E-state index contributed by atoms with van der Waals surface area (Å²) in [4.78, 5) is 11.0. The molecule has 0 amide bonds. The molecule has 2 saturated carbocycles. The maximum Gasteiger partial charge on any atom is 0.133 e. The van der Waals surface area contributed by atoms with Gasteiger partial charge in [-0.3, -0.25) is 4.79 Å². The fraction of sp³-hybridized carbons (Fsp3) is 0.889. The summed E-state index contributed by atoms with van der Waals surface area (Å²) in [7, 11) is 0. The molecular formula is C9H14O. The van der Waals surface area contributed by atoms with Gasteiger partial charge in [0, 0.05) is 5.92 Å². The van der Waals surface area contributed by atoms with Crippen molar-refractivity contribution in [2.24, 2.45) is 17.8 Å². The van der Waals surface area contributed by atoms with E-state index in [0.717, 1.165) is 11.8 Å². The lowest BCUT2D eigenvalue weighted by Crippen LogP contribution is -2.17. The van der Waals surface area contributed by atoms with Gasteiger partial charge in [-0.1, -0.05) is 6.42 Å². The van der Waals surface area contributed by atoms with Gasteiger partial charge in [0.2, 0.25) is 0 Å². The van der Waals surface area contributed by atoms with Crippen LogP contribution in [-0.2, 0) is 4.79 Å². The van der Waals surface area contributed by atoms with E-state index < -0.39 is 0 Å². The van der Waals surface area contributed by atoms with Crippen LogP contribution in [0, 0.1) is 17.8 Å². The molecule has 3 unspecified atom stereocenters. The fourth-order valence-corrected chi connectivity index (χ4v) is 2.74. The van der Waals surface area contributed by atoms with Crippen LogP contribution in [0.1, 0.15) is 32.6 Å². The summed E-state index contributed by atoms with van der Waals surface area (Å²) < 4.78 is 0. The maximum absolute atomic E-state index is 11.0. The first-order valence-corrected chi connectivity index (χ1v) is 4.28. The van der Waals surface area contributed by atoms with E-state index in [0.29, 0.717) is 11.7 Å². The van der Waals surface area contributed by atoms with Crippen molar-refractivity contribution in [2.75, 3.05) is 0 Å². The number of carbonyl (C=O) groups is 1. The lowest BCUT2D eigenvalue weighted by Gasteiger charge is -2.17. The highest BCUT2D eigenvalue weighted by Gasteiger charge is 2.41. The zero-order valence-corrected chi connectivity index (χ0v) is 6.47. The van der Waals surface area contributed by atoms with Crippen molar-refractivity contribution in [3.05, 3.63) is 0 Å². The van der Waals surface area contributed by atoms with Crippen molar-refractivity contribution in [3.8, 4) is 0 Å². The SMILES string of the molecule is CC(=O)C1CC2CCC1C2. The Morgan fingerprint density at radius 2 is 2.10 bits per heavy atom. The average molecular weight is 138 g/mol. The van der Waals surface area contributed by atoms with E-state index in [9.17, 15) is 4.79 Å². The molecule has 2 fully saturated rings. The molecule has 0 aliphatic heterocycles. The summed E-state index contributed by atoms with van der Waals surface area (Å²) in [5, 5.41) is 0. The van der Waals surface area contributed by atoms with Crippen LogP contribution in [-0.4, -0.2) is 5.78 Å². The van der Waals surface area contributed by atoms with Gasteiger partial charge in [-0.15, -0.1) is 0 Å². The zero-order chi connectivity index (χ0) is 7.14. The molecule has 2 aliphatic carbocycles. The third-order valence-electron chi connectivity index (χ3n) is 3.26. The summed E-state index contributed by atoms with van der Waals surface area (Å²) in [6, 6.07) is 0. The van der Waals surface area contributed by atoms with Gasteiger partial charge in [0.05, 0.1) is 0 Å². The molecule has 0 spiro atoms. The fourth-order valence-electron chi connectivity index (χ4n) is 2.74. The van der Waals surface area contributed by atoms with Crippen molar-refractivity contribution < 1.29 is 4.79 Å². The lowest BCUT2D eigenvalue weighted by molar-refractivity contribution is -0.122. The summed E-state index contributed by atoms with van der Waals surface area (Å²) >= 11 is 0. The van der Waals surface area contributed by atoms with Crippen molar-refractivity contribution in [1.29, 1.82) is 0 Å². The zero-order valence-electron chi connectivity index (χ0n) is 6.47. The van der Waals surface area contributed by atoms with E-state index in [1.807, 2.05) is 0 Å². The van der Waals surface area contributed by atoms with E-state index in [4.69, 9.17) is 0 Å². The van der Waals surface area contributed by atoms with Gasteiger partial charge in [-0.05, 0) is 38.0 Å². The number of hydrogen-bond acceptors (Lipinski definition) is 1. The Balaban J connectivity index is 2.08. The van der Waals surface area contributed by atoms with Crippen LogP contribution >= 0.6 is 0 Å². The summed E-state index contributed by atoms with van der Waals surface area (Å²) in [5.41, 5.74) is 0. The monoisotopic (exact) mass is 138 g/mol. The molecule has 2 bridgehead atoms. The molecule has 0 saturated heterocycles. The lowest BCUT2D eigenvalue weighted by atomic mass is 9.86. The van der Waals surface area contributed by atoms with Crippen LogP contribution in [0.5, 0.6) is 0 Å². The molecule has 2 rings (SSSR count). The number of fused-ring (bicyclic) bond motifs is 2. The predicted octanol–water partition coefficient (Wildman–Crippen LogP) is 2.01. The average Bonchev–Trinajstić information content (AvgIpc) is 2.44. The second-order valence-corrected chi connectivity index (χ2v) is 3.89. The Labute approximate surface area is 61.8 Å². The molecule has 10 heavy (non-hydrogen) atoms. The van der Waals surface area contributed by atoms with E-state index >= 15 is 0 Å². The summed E-state index contributed by atoms with van der Waals surface area (Å²) in [6.45, 7) is 1.76. The Morgan fingerprint density at radius 1 is 1.30 bits per heavy atom. The van der Waals surface area contributed by atoms with E-state index in [-0.39, 0.29) is 0 Å². The van der Waals surface area contributed by atoms with Crippen LogP contribution in [0.15, 0.2) is 0 Å². The molecular weight excluding hydrogens is 124 g/mol. The van der Waals surface area contributed by atoms with E-state index in [1.165, 1.54) is 25.7 Å². The highest BCUT2D eigenvalue weighted by Crippen LogP contribution is 2.48. The third-order valence-corrected chi connectivity index (χ3v) is 3.26. The van der Waals surface area contributed by atoms with Crippen LogP contribution in [0.4, 0.5) is 0 Å². The standard InChI is InChI=1S/C9H14O/c1-6(10)9-5-7-2-3-8(9)4-7/h7-9H,2-5H2,1H3. The summed E-state index contributed by atoms with van der Waals surface area (Å²) in [6.07, 6.45) is 5.29. The highest BCUT2D eigenvalue weighted by atomic mass is 16.1. The van der Waals surface area contributed by atoms with Gasteiger partial charge in [-0.2, -0.15) is 0 Å². The van der Waals surface area contributed by atoms with Crippen molar-refractivity contribution in [2.45, 2.75) is 32.6 Å². The Hall–Kier alpha value is -0.330.